The number of hydrogen-bond acceptors (Lipinski definition) is 4. The SMILES string of the molecule is COC(=O)c1ccc(NC(=O)N[C@H]2CCCC[C@H]2O)cc1C. The Kier molecular flexibility index (Phi) is 5.38. The molecule has 0 bridgehead atoms. The molecule has 2 rings (SSSR count). The van der Waals surface area contributed by atoms with Gasteiger partial charge in [0.1, 0.15) is 0 Å². The number of benzene rings is 1. The lowest BCUT2D eigenvalue weighted by molar-refractivity contribution is 0.0600. The second-order valence-electron chi connectivity index (χ2n) is 5.58. The first kappa shape index (κ1) is 16.3. The molecule has 0 aliphatic heterocycles. The highest BCUT2D eigenvalue weighted by atomic mass is 16.5. The van der Waals surface area contributed by atoms with Crippen LogP contribution in [0.5, 0.6) is 0 Å². The third-order valence-corrected chi connectivity index (χ3v) is 3.94. The number of esters is 1. The summed E-state index contributed by atoms with van der Waals surface area (Å²) in [6.07, 6.45) is 3.03. The monoisotopic (exact) mass is 306 g/mol. The van der Waals surface area contributed by atoms with E-state index < -0.39 is 12.1 Å². The lowest BCUT2D eigenvalue weighted by Crippen LogP contribution is -2.46. The van der Waals surface area contributed by atoms with Crippen LogP contribution in [0, 0.1) is 6.92 Å². The van der Waals surface area contributed by atoms with E-state index in [0.29, 0.717) is 11.3 Å². The Bertz CT molecular complexity index is 559. The van der Waals surface area contributed by atoms with Crippen LogP contribution < -0.4 is 10.6 Å². The number of amides is 2. The van der Waals surface area contributed by atoms with E-state index in [1.165, 1.54) is 7.11 Å². The van der Waals surface area contributed by atoms with Crippen molar-refractivity contribution in [3.8, 4) is 0 Å². The summed E-state index contributed by atoms with van der Waals surface area (Å²) in [6.45, 7) is 1.78. The van der Waals surface area contributed by atoms with E-state index in [-0.39, 0.29) is 12.1 Å². The second kappa shape index (κ2) is 7.26. The van der Waals surface area contributed by atoms with Gasteiger partial charge in [-0.15, -0.1) is 0 Å². The van der Waals surface area contributed by atoms with Gasteiger partial charge in [0, 0.05) is 5.69 Å². The minimum absolute atomic E-state index is 0.204. The number of hydrogen-bond donors (Lipinski definition) is 3. The van der Waals surface area contributed by atoms with E-state index in [9.17, 15) is 14.7 Å². The molecule has 120 valence electrons. The van der Waals surface area contributed by atoms with Crippen molar-refractivity contribution < 1.29 is 19.4 Å². The fourth-order valence-corrected chi connectivity index (χ4v) is 2.70. The molecule has 1 saturated carbocycles. The van der Waals surface area contributed by atoms with E-state index in [4.69, 9.17) is 0 Å². The zero-order valence-corrected chi connectivity index (χ0v) is 12.9. The minimum atomic E-state index is -0.483. The molecule has 0 spiro atoms. The molecule has 3 N–H and O–H groups in total. The van der Waals surface area contributed by atoms with E-state index >= 15 is 0 Å². The normalized spacial score (nSPS) is 21.0. The lowest BCUT2D eigenvalue weighted by Gasteiger charge is -2.28. The Labute approximate surface area is 129 Å². The number of aryl methyl sites for hydroxylation is 1. The fourth-order valence-electron chi connectivity index (χ4n) is 2.70. The summed E-state index contributed by atoms with van der Waals surface area (Å²) < 4.78 is 4.68. The topological polar surface area (TPSA) is 87.7 Å². The van der Waals surface area contributed by atoms with Gasteiger partial charge in [-0.1, -0.05) is 12.8 Å². The molecule has 2 amide bonds. The summed E-state index contributed by atoms with van der Waals surface area (Å²) in [5.41, 5.74) is 1.78. The molecule has 6 nitrogen and oxygen atoms in total. The predicted molar refractivity (Wildman–Crippen MR) is 82.9 cm³/mol. The van der Waals surface area contributed by atoms with E-state index in [0.717, 1.165) is 31.2 Å². The lowest BCUT2D eigenvalue weighted by atomic mass is 9.93. The largest absolute Gasteiger partial charge is 0.465 e. The third-order valence-electron chi connectivity index (χ3n) is 3.94. The Morgan fingerprint density at radius 2 is 2.00 bits per heavy atom. The van der Waals surface area contributed by atoms with Crippen molar-refractivity contribution in [3.63, 3.8) is 0 Å². The van der Waals surface area contributed by atoms with Gasteiger partial charge >= 0.3 is 12.0 Å². The number of ether oxygens (including phenoxy) is 1. The Balaban J connectivity index is 1.96. The van der Waals surface area contributed by atoms with Crippen LogP contribution in [0.1, 0.15) is 41.6 Å². The molecule has 22 heavy (non-hydrogen) atoms. The molecule has 0 saturated heterocycles. The van der Waals surface area contributed by atoms with Crippen LogP contribution in [0.2, 0.25) is 0 Å². The zero-order chi connectivity index (χ0) is 16.1. The van der Waals surface area contributed by atoms with Crippen molar-refractivity contribution in [1.82, 2.24) is 5.32 Å². The smallest absolute Gasteiger partial charge is 0.338 e. The second-order valence-corrected chi connectivity index (χ2v) is 5.58. The number of rotatable bonds is 3. The minimum Gasteiger partial charge on any atom is -0.465 e. The summed E-state index contributed by atoms with van der Waals surface area (Å²) in [7, 11) is 1.33. The van der Waals surface area contributed by atoms with Crippen molar-refractivity contribution in [1.29, 1.82) is 0 Å². The maximum absolute atomic E-state index is 12.0. The first-order valence-corrected chi connectivity index (χ1v) is 7.46. The number of urea groups is 1. The quantitative estimate of drug-likeness (QED) is 0.747. The van der Waals surface area contributed by atoms with Gasteiger partial charge in [0.25, 0.3) is 0 Å². The molecular weight excluding hydrogens is 284 g/mol. The highest BCUT2D eigenvalue weighted by molar-refractivity contribution is 5.93. The van der Waals surface area contributed by atoms with E-state index in [2.05, 4.69) is 15.4 Å². The van der Waals surface area contributed by atoms with Gasteiger partial charge < -0.3 is 20.5 Å². The van der Waals surface area contributed by atoms with Crippen molar-refractivity contribution in [2.45, 2.75) is 44.8 Å². The molecular formula is C16H22N2O4. The van der Waals surface area contributed by atoms with E-state index in [1.807, 2.05) is 0 Å². The first-order chi connectivity index (χ1) is 10.5. The fraction of sp³-hybridized carbons (Fsp3) is 0.500. The Morgan fingerprint density at radius 3 is 2.64 bits per heavy atom. The number of aliphatic hydroxyl groups is 1. The molecule has 1 fully saturated rings. The molecule has 0 radical (unpaired) electrons. The van der Waals surface area contributed by atoms with Crippen LogP contribution in [0.4, 0.5) is 10.5 Å². The van der Waals surface area contributed by atoms with Gasteiger partial charge in [0.05, 0.1) is 24.8 Å². The van der Waals surface area contributed by atoms with Crippen LogP contribution >= 0.6 is 0 Å². The standard InChI is InChI=1S/C16H22N2O4/c1-10-9-11(7-8-12(10)15(20)22-2)17-16(21)18-13-5-3-4-6-14(13)19/h7-9,13-14,19H,3-6H2,1-2H3,(H2,17,18,21)/t13-,14+/m0/s1. The Morgan fingerprint density at radius 1 is 1.27 bits per heavy atom. The van der Waals surface area contributed by atoms with Crippen LogP contribution in [-0.2, 0) is 4.74 Å². The molecule has 1 aliphatic carbocycles. The molecule has 0 heterocycles. The van der Waals surface area contributed by atoms with Gasteiger partial charge in [-0.2, -0.15) is 0 Å². The zero-order valence-electron chi connectivity index (χ0n) is 12.9. The summed E-state index contributed by atoms with van der Waals surface area (Å²) >= 11 is 0. The van der Waals surface area contributed by atoms with Crippen molar-refractivity contribution >= 4 is 17.7 Å². The van der Waals surface area contributed by atoms with Gasteiger partial charge in [-0.3, -0.25) is 0 Å². The first-order valence-electron chi connectivity index (χ1n) is 7.46. The number of carbonyl (C=O) groups excluding carboxylic acids is 2. The molecule has 2 atom stereocenters. The van der Waals surface area contributed by atoms with E-state index in [1.54, 1.807) is 25.1 Å². The van der Waals surface area contributed by atoms with Crippen LogP contribution in [0.15, 0.2) is 18.2 Å². The summed E-state index contributed by atoms with van der Waals surface area (Å²) in [5, 5.41) is 15.4. The summed E-state index contributed by atoms with van der Waals surface area (Å²) in [4.78, 5) is 23.5. The number of anilines is 1. The Hall–Kier alpha value is -2.08. The molecule has 1 aromatic carbocycles. The molecule has 6 heteroatoms. The van der Waals surface area contributed by atoms with Gasteiger partial charge in [0.2, 0.25) is 0 Å². The number of aliphatic hydroxyl groups excluding tert-OH is 1. The number of nitrogens with one attached hydrogen (secondary N) is 2. The van der Waals surface area contributed by atoms with Crippen LogP contribution in [-0.4, -0.2) is 36.4 Å². The number of carbonyl (C=O) groups is 2. The van der Waals surface area contributed by atoms with Crippen molar-refractivity contribution in [3.05, 3.63) is 29.3 Å². The molecule has 1 aliphatic rings. The summed E-state index contributed by atoms with van der Waals surface area (Å²) in [6, 6.07) is 4.42. The molecule has 0 unspecified atom stereocenters. The molecule has 1 aromatic rings. The van der Waals surface area contributed by atoms with Gasteiger partial charge in [0.15, 0.2) is 0 Å². The van der Waals surface area contributed by atoms with Crippen molar-refractivity contribution in [2.24, 2.45) is 0 Å². The maximum atomic E-state index is 12.0. The maximum Gasteiger partial charge on any atom is 0.338 e. The highest BCUT2D eigenvalue weighted by Gasteiger charge is 2.24. The predicted octanol–water partition coefficient (Wildman–Crippen LogP) is 2.21. The van der Waals surface area contributed by atoms with Gasteiger partial charge in [-0.25, -0.2) is 9.59 Å². The highest BCUT2D eigenvalue weighted by Crippen LogP contribution is 2.19. The van der Waals surface area contributed by atoms with Crippen molar-refractivity contribution in [2.75, 3.05) is 12.4 Å². The van der Waals surface area contributed by atoms with Crippen LogP contribution in [0.3, 0.4) is 0 Å². The van der Waals surface area contributed by atoms with Crippen LogP contribution in [0.25, 0.3) is 0 Å². The van der Waals surface area contributed by atoms with Gasteiger partial charge in [-0.05, 0) is 43.5 Å². The number of methoxy groups -OCH3 is 1. The average Bonchev–Trinajstić information content (AvgIpc) is 2.49. The average molecular weight is 306 g/mol. The molecule has 0 aromatic heterocycles. The third kappa shape index (κ3) is 3.98. The summed E-state index contributed by atoms with van der Waals surface area (Å²) in [5.74, 6) is -0.404.